The van der Waals surface area contributed by atoms with E-state index >= 15 is 0 Å². The van der Waals surface area contributed by atoms with Gasteiger partial charge in [-0.05, 0) is 30.3 Å². The van der Waals surface area contributed by atoms with Crippen molar-refractivity contribution in [1.82, 2.24) is 14.8 Å². The first-order valence-electron chi connectivity index (χ1n) is 6.85. The second-order valence-electron chi connectivity index (χ2n) is 5.12. The molecule has 0 amide bonds. The first-order chi connectivity index (χ1) is 10.3. The SMILES string of the molecule is Nc1ccc2cnn(Cc3ccc4ccccc4n3)c2c1. The molecule has 0 aliphatic heterocycles. The Bertz CT molecular complexity index is 940. The summed E-state index contributed by atoms with van der Waals surface area (Å²) < 4.78 is 1.93. The van der Waals surface area contributed by atoms with E-state index in [1.807, 2.05) is 53.3 Å². The van der Waals surface area contributed by atoms with Crippen molar-refractivity contribution in [2.75, 3.05) is 5.73 Å². The van der Waals surface area contributed by atoms with Crippen LogP contribution in [0.3, 0.4) is 0 Å². The van der Waals surface area contributed by atoms with Gasteiger partial charge in [-0.1, -0.05) is 24.3 Å². The number of nitrogens with two attached hydrogens (primary N) is 1. The third kappa shape index (κ3) is 2.10. The molecule has 0 aliphatic carbocycles. The fraction of sp³-hybridized carbons (Fsp3) is 0.0588. The number of fused-ring (bicyclic) bond motifs is 2. The van der Waals surface area contributed by atoms with Crippen molar-refractivity contribution in [2.24, 2.45) is 0 Å². The lowest BCUT2D eigenvalue weighted by molar-refractivity contribution is 0.699. The van der Waals surface area contributed by atoms with Crippen molar-refractivity contribution in [2.45, 2.75) is 6.54 Å². The van der Waals surface area contributed by atoms with Crippen LogP contribution in [0.4, 0.5) is 5.69 Å². The highest BCUT2D eigenvalue weighted by Gasteiger charge is 2.05. The standard InChI is InChI=1S/C17H14N4/c18-14-7-5-13-10-19-21(17(13)9-14)11-15-8-6-12-3-1-2-4-16(12)20-15/h1-10H,11,18H2. The van der Waals surface area contributed by atoms with Crippen molar-refractivity contribution >= 4 is 27.5 Å². The Balaban J connectivity index is 1.77. The van der Waals surface area contributed by atoms with E-state index in [0.717, 1.165) is 33.2 Å². The number of rotatable bonds is 2. The smallest absolute Gasteiger partial charge is 0.0838 e. The van der Waals surface area contributed by atoms with E-state index in [0.29, 0.717) is 6.54 Å². The number of aromatic nitrogens is 3. The lowest BCUT2D eigenvalue weighted by Crippen LogP contribution is -2.03. The summed E-state index contributed by atoms with van der Waals surface area (Å²) in [7, 11) is 0. The van der Waals surface area contributed by atoms with Crippen molar-refractivity contribution < 1.29 is 0 Å². The van der Waals surface area contributed by atoms with E-state index in [2.05, 4.69) is 22.2 Å². The maximum Gasteiger partial charge on any atom is 0.0838 e. The first-order valence-corrected chi connectivity index (χ1v) is 6.85. The summed E-state index contributed by atoms with van der Waals surface area (Å²) in [6, 6.07) is 18.1. The normalized spacial score (nSPS) is 11.2. The Labute approximate surface area is 121 Å². The first kappa shape index (κ1) is 11.9. The van der Waals surface area contributed by atoms with Crippen LogP contribution in [0.5, 0.6) is 0 Å². The largest absolute Gasteiger partial charge is 0.399 e. The van der Waals surface area contributed by atoms with Crippen LogP contribution in [-0.4, -0.2) is 14.8 Å². The molecule has 0 fully saturated rings. The van der Waals surface area contributed by atoms with Crippen LogP contribution in [0.1, 0.15) is 5.69 Å². The van der Waals surface area contributed by atoms with Crippen LogP contribution < -0.4 is 5.73 Å². The van der Waals surface area contributed by atoms with E-state index in [1.165, 1.54) is 0 Å². The lowest BCUT2D eigenvalue weighted by atomic mass is 10.2. The second kappa shape index (κ2) is 4.59. The quantitative estimate of drug-likeness (QED) is 0.571. The van der Waals surface area contributed by atoms with E-state index in [1.54, 1.807) is 0 Å². The van der Waals surface area contributed by atoms with Gasteiger partial charge in [-0.15, -0.1) is 0 Å². The van der Waals surface area contributed by atoms with E-state index in [4.69, 9.17) is 5.73 Å². The molecule has 4 aromatic rings. The number of hydrogen-bond donors (Lipinski definition) is 1. The fourth-order valence-corrected chi connectivity index (χ4v) is 2.56. The summed E-state index contributed by atoms with van der Waals surface area (Å²) in [5, 5.41) is 6.67. The van der Waals surface area contributed by atoms with Crippen LogP contribution in [0.25, 0.3) is 21.8 Å². The van der Waals surface area contributed by atoms with E-state index in [-0.39, 0.29) is 0 Å². The molecule has 4 heteroatoms. The second-order valence-corrected chi connectivity index (χ2v) is 5.12. The van der Waals surface area contributed by atoms with Gasteiger partial charge >= 0.3 is 0 Å². The summed E-state index contributed by atoms with van der Waals surface area (Å²) >= 11 is 0. The summed E-state index contributed by atoms with van der Waals surface area (Å²) in [5.41, 5.74) is 9.63. The van der Waals surface area contributed by atoms with E-state index < -0.39 is 0 Å². The maximum absolute atomic E-state index is 5.86. The average Bonchev–Trinajstić information content (AvgIpc) is 2.89. The monoisotopic (exact) mass is 274 g/mol. The minimum Gasteiger partial charge on any atom is -0.399 e. The summed E-state index contributed by atoms with van der Waals surface area (Å²) in [4.78, 5) is 4.69. The molecule has 2 aromatic heterocycles. The van der Waals surface area contributed by atoms with Crippen LogP contribution in [0.2, 0.25) is 0 Å². The van der Waals surface area contributed by atoms with Gasteiger partial charge in [0, 0.05) is 16.5 Å². The minimum atomic E-state index is 0.637. The Kier molecular flexibility index (Phi) is 2.60. The molecule has 2 heterocycles. The number of nitrogens with zero attached hydrogens (tertiary/aromatic N) is 3. The molecule has 0 atom stereocenters. The Morgan fingerprint density at radius 2 is 1.81 bits per heavy atom. The van der Waals surface area contributed by atoms with Crippen molar-refractivity contribution in [3.8, 4) is 0 Å². The summed E-state index contributed by atoms with van der Waals surface area (Å²) in [5.74, 6) is 0. The third-order valence-corrected chi connectivity index (χ3v) is 3.64. The molecule has 0 saturated carbocycles. The molecular weight excluding hydrogens is 260 g/mol. The van der Waals surface area contributed by atoms with Gasteiger partial charge in [-0.2, -0.15) is 5.10 Å². The number of anilines is 1. The number of nitrogen functional groups attached to an aromatic ring is 1. The van der Waals surface area contributed by atoms with Crippen LogP contribution >= 0.6 is 0 Å². The van der Waals surface area contributed by atoms with Crippen molar-refractivity contribution in [1.29, 1.82) is 0 Å². The number of benzene rings is 2. The minimum absolute atomic E-state index is 0.637. The van der Waals surface area contributed by atoms with Gasteiger partial charge in [0.15, 0.2) is 0 Å². The molecule has 0 radical (unpaired) electrons. The van der Waals surface area contributed by atoms with Crippen LogP contribution in [-0.2, 0) is 6.54 Å². The van der Waals surface area contributed by atoms with Gasteiger partial charge in [0.25, 0.3) is 0 Å². The predicted octanol–water partition coefficient (Wildman–Crippen LogP) is 3.22. The average molecular weight is 274 g/mol. The molecule has 21 heavy (non-hydrogen) atoms. The zero-order valence-corrected chi connectivity index (χ0v) is 11.4. The highest BCUT2D eigenvalue weighted by atomic mass is 15.3. The molecule has 102 valence electrons. The lowest BCUT2D eigenvalue weighted by Gasteiger charge is -2.05. The number of hydrogen-bond acceptors (Lipinski definition) is 3. The molecular formula is C17H14N4. The van der Waals surface area contributed by atoms with Gasteiger partial charge in [0.05, 0.1) is 29.5 Å². The van der Waals surface area contributed by atoms with Gasteiger partial charge in [-0.25, -0.2) is 0 Å². The van der Waals surface area contributed by atoms with Crippen LogP contribution in [0, 0.1) is 0 Å². The molecule has 0 spiro atoms. The Morgan fingerprint density at radius 1 is 0.952 bits per heavy atom. The zero-order chi connectivity index (χ0) is 14.2. The van der Waals surface area contributed by atoms with Gasteiger partial charge < -0.3 is 5.73 Å². The fourth-order valence-electron chi connectivity index (χ4n) is 2.56. The predicted molar refractivity (Wildman–Crippen MR) is 85.0 cm³/mol. The zero-order valence-electron chi connectivity index (χ0n) is 11.4. The summed E-state index contributed by atoms with van der Waals surface area (Å²) in [6.45, 7) is 0.637. The molecule has 0 aliphatic rings. The molecule has 4 rings (SSSR count). The molecule has 0 saturated heterocycles. The summed E-state index contributed by atoms with van der Waals surface area (Å²) in [6.07, 6.45) is 1.86. The van der Waals surface area contributed by atoms with Crippen molar-refractivity contribution in [3.63, 3.8) is 0 Å². The maximum atomic E-state index is 5.86. The Hall–Kier alpha value is -2.88. The molecule has 2 aromatic carbocycles. The number of para-hydroxylation sites is 1. The van der Waals surface area contributed by atoms with Crippen molar-refractivity contribution in [3.05, 3.63) is 66.5 Å². The Morgan fingerprint density at radius 3 is 2.76 bits per heavy atom. The third-order valence-electron chi connectivity index (χ3n) is 3.64. The highest BCUT2D eigenvalue weighted by molar-refractivity contribution is 5.82. The molecule has 2 N–H and O–H groups in total. The molecule has 4 nitrogen and oxygen atoms in total. The van der Waals surface area contributed by atoms with Gasteiger partial charge in [0.2, 0.25) is 0 Å². The molecule has 0 unspecified atom stereocenters. The van der Waals surface area contributed by atoms with Gasteiger partial charge in [-0.3, -0.25) is 9.67 Å². The highest BCUT2D eigenvalue weighted by Crippen LogP contribution is 2.18. The topological polar surface area (TPSA) is 56.7 Å². The van der Waals surface area contributed by atoms with Crippen LogP contribution in [0.15, 0.2) is 60.8 Å². The molecule has 0 bridgehead atoms. The number of pyridine rings is 1. The van der Waals surface area contributed by atoms with E-state index in [9.17, 15) is 0 Å². The van der Waals surface area contributed by atoms with Gasteiger partial charge in [0.1, 0.15) is 0 Å².